The quantitative estimate of drug-likeness (QED) is 0.872. The fraction of sp³-hybridized carbons (Fsp3) is 0.692. The lowest BCUT2D eigenvalue weighted by molar-refractivity contribution is -0.0978. The number of nitrogens with one attached hydrogen (secondary N) is 1. The normalized spacial score (nSPS) is 27.8. The number of methoxy groups -OCH3 is 1. The lowest BCUT2D eigenvalue weighted by Gasteiger charge is -2.51. The SMILES string of the molecule is COC1CC(NCc2sccc2C)C1(C)C. The van der Waals surface area contributed by atoms with Crippen molar-refractivity contribution in [2.75, 3.05) is 7.11 Å². The fourth-order valence-electron chi connectivity index (χ4n) is 2.43. The van der Waals surface area contributed by atoms with Crippen LogP contribution in [0.4, 0.5) is 0 Å². The first-order valence-electron chi connectivity index (χ1n) is 5.85. The Morgan fingerprint density at radius 1 is 1.56 bits per heavy atom. The van der Waals surface area contributed by atoms with Crippen molar-refractivity contribution in [1.82, 2.24) is 5.32 Å². The predicted octanol–water partition coefficient (Wildman–Crippen LogP) is 2.96. The molecule has 90 valence electrons. The van der Waals surface area contributed by atoms with E-state index in [2.05, 4.69) is 37.5 Å². The van der Waals surface area contributed by atoms with E-state index in [1.165, 1.54) is 10.4 Å². The summed E-state index contributed by atoms with van der Waals surface area (Å²) in [7, 11) is 1.81. The van der Waals surface area contributed by atoms with Crippen molar-refractivity contribution < 1.29 is 4.74 Å². The third kappa shape index (κ3) is 2.04. The molecule has 0 amide bonds. The second-order valence-corrected chi connectivity index (χ2v) is 6.24. The first-order chi connectivity index (χ1) is 7.55. The van der Waals surface area contributed by atoms with Crippen LogP contribution in [0, 0.1) is 12.3 Å². The van der Waals surface area contributed by atoms with Gasteiger partial charge in [-0.1, -0.05) is 13.8 Å². The average Bonchev–Trinajstić information content (AvgIpc) is 2.63. The fourth-order valence-corrected chi connectivity index (χ4v) is 3.29. The number of thiophene rings is 1. The smallest absolute Gasteiger partial charge is 0.0652 e. The molecule has 1 aromatic rings. The van der Waals surface area contributed by atoms with Crippen LogP contribution in [-0.2, 0) is 11.3 Å². The third-order valence-electron chi connectivity index (χ3n) is 3.94. The molecule has 0 saturated heterocycles. The Labute approximate surface area is 102 Å². The van der Waals surface area contributed by atoms with E-state index in [-0.39, 0.29) is 5.41 Å². The van der Waals surface area contributed by atoms with Crippen LogP contribution in [0.3, 0.4) is 0 Å². The summed E-state index contributed by atoms with van der Waals surface area (Å²) < 4.78 is 5.46. The molecule has 1 saturated carbocycles. The summed E-state index contributed by atoms with van der Waals surface area (Å²) in [6.07, 6.45) is 1.54. The van der Waals surface area contributed by atoms with Gasteiger partial charge in [-0.25, -0.2) is 0 Å². The number of aryl methyl sites for hydroxylation is 1. The van der Waals surface area contributed by atoms with Crippen LogP contribution in [0.1, 0.15) is 30.7 Å². The van der Waals surface area contributed by atoms with Crippen molar-refractivity contribution in [2.24, 2.45) is 5.41 Å². The number of hydrogen-bond acceptors (Lipinski definition) is 3. The largest absolute Gasteiger partial charge is 0.381 e. The monoisotopic (exact) mass is 239 g/mol. The molecular formula is C13H21NOS. The molecule has 2 unspecified atom stereocenters. The Hall–Kier alpha value is -0.380. The van der Waals surface area contributed by atoms with Gasteiger partial charge in [0.1, 0.15) is 0 Å². The molecule has 1 fully saturated rings. The van der Waals surface area contributed by atoms with Gasteiger partial charge in [-0.2, -0.15) is 0 Å². The molecule has 0 aromatic carbocycles. The maximum absolute atomic E-state index is 5.46. The highest BCUT2D eigenvalue weighted by Crippen LogP contribution is 2.42. The zero-order chi connectivity index (χ0) is 11.8. The predicted molar refractivity (Wildman–Crippen MR) is 68.9 cm³/mol. The van der Waals surface area contributed by atoms with Crippen LogP contribution in [0.15, 0.2) is 11.4 Å². The van der Waals surface area contributed by atoms with Gasteiger partial charge in [0, 0.05) is 30.0 Å². The van der Waals surface area contributed by atoms with E-state index in [4.69, 9.17) is 4.74 Å². The van der Waals surface area contributed by atoms with E-state index in [0.29, 0.717) is 12.1 Å². The molecule has 1 aromatic heterocycles. The summed E-state index contributed by atoms with van der Waals surface area (Å²) in [5, 5.41) is 5.81. The summed E-state index contributed by atoms with van der Waals surface area (Å²) in [4.78, 5) is 1.46. The summed E-state index contributed by atoms with van der Waals surface area (Å²) in [5.41, 5.74) is 1.66. The van der Waals surface area contributed by atoms with Crippen LogP contribution < -0.4 is 5.32 Å². The van der Waals surface area contributed by atoms with E-state index >= 15 is 0 Å². The van der Waals surface area contributed by atoms with Crippen LogP contribution in [0.5, 0.6) is 0 Å². The van der Waals surface area contributed by atoms with Crippen LogP contribution >= 0.6 is 11.3 Å². The van der Waals surface area contributed by atoms with E-state index in [1.54, 1.807) is 0 Å². The molecule has 0 aliphatic heterocycles. The van der Waals surface area contributed by atoms with Gasteiger partial charge in [0.15, 0.2) is 0 Å². The summed E-state index contributed by atoms with van der Waals surface area (Å²) >= 11 is 1.84. The minimum absolute atomic E-state index is 0.264. The van der Waals surface area contributed by atoms with E-state index in [0.717, 1.165) is 13.0 Å². The molecule has 2 rings (SSSR count). The highest BCUT2D eigenvalue weighted by molar-refractivity contribution is 7.10. The van der Waals surface area contributed by atoms with Crippen molar-refractivity contribution in [3.63, 3.8) is 0 Å². The Morgan fingerprint density at radius 2 is 2.31 bits per heavy atom. The van der Waals surface area contributed by atoms with Gasteiger partial charge in [-0.15, -0.1) is 11.3 Å². The first-order valence-corrected chi connectivity index (χ1v) is 6.73. The van der Waals surface area contributed by atoms with Gasteiger partial charge in [0.2, 0.25) is 0 Å². The summed E-state index contributed by atoms with van der Waals surface area (Å²) in [5.74, 6) is 0. The van der Waals surface area contributed by atoms with Crippen LogP contribution in [0.2, 0.25) is 0 Å². The lowest BCUT2D eigenvalue weighted by atomic mass is 9.64. The van der Waals surface area contributed by atoms with Crippen molar-refractivity contribution in [2.45, 2.75) is 45.9 Å². The van der Waals surface area contributed by atoms with Gasteiger partial charge >= 0.3 is 0 Å². The van der Waals surface area contributed by atoms with Crippen molar-refractivity contribution in [1.29, 1.82) is 0 Å². The Bertz CT molecular complexity index is 359. The van der Waals surface area contributed by atoms with Crippen molar-refractivity contribution in [3.05, 3.63) is 21.9 Å². The maximum atomic E-state index is 5.46. The molecule has 0 bridgehead atoms. The number of hydrogen-bond donors (Lipinski definition) is 1. The second kappa shape index (κ2) is 4.47. The zero-order valence-corrected chi connectivity index (χ0v) is 11.4. The molecule has 1 aliphatic carbocycles. The van der Waals surface area contributed by atoms with Crippen LogP contribution in [0.25, 0.3) is 0 Å². The minimum atomic E-state index is 0.264. The van der Waals surface area contributed by atoms with Gasteiger partial charge in [0.25, 0.3) is 0 Å². The van der Waals surface area contributed by atoms with Gasteiger partial charge in [-0.05, 0) is 30.4 Å². The second-order valence-electron chi connectivity index (χ2n) is 5.24. The summed E-state index contributed by atoms with van der Waals surface area (Å²) in [6.45, 7) is 7.73. The molecule has 1 N–H and O–H groups in total. The van der Waals surface area contributed by atoms with Crippen molar-refractivity contribution >= 4 is 11.3 Å². The van der Waals surface area contributed by atoms with Gasteiger partial charge < -0.3 is 10.1 Å². The van der Waals surface area contributed by atoms with Gasteiger partial charge in [-0.3, -0.25) is 0 Å². The molecule has 1 heterocycles. The Kier molecular flexibility index (Phi) is 3.38. The molecule has 1 aliphatic rings. The molecule has 2 nitrogen and oxygen atoms in total. The third-order valence-corrected chi connectivity index (χ3v) is 4.96. The Morgan fingerprint density at radius 3 is 2.81 bits per heavy atom. The van der Waals surface area contributed by atoms with Gasteiger partial charge in [0.05, 0.1) is 6.10 Å². The minimum Gasteiger partial charge on any atom is -0.381 e. The van der Waals surface area contributed by atoms with Crippen LogP contribution in [-0.4, -0.2) is 19.3 Å². The average molecular weight is 239 g/mol. The van der Waals surface area contributed by atoms with E-state index in [1.807, 2.05) is 18.4 Å². The first kappa shape index (κ1) is 12.1. The summed E-state index contributed by atoms with van der Waals surface area (Å²) in [6, 6.07) is 2.77. The molecule has 0 spiro atoms. The molecule has 2 atom stereocenters. The highest BCUT2D eigenvalue weighted by Gasteiger charge is 2.48. The molecule has 3 heteroatoms. The zero-order valence-electron chi connectivity index (χ0n) is 10.5. The highest BCUT2D eigenvalue weighted by atomic mass is 32.1. The molecule has 16 heavy (non-hydrogen) atoms. The maximum Gasteiger partial charge on any atom is 0.0652 e. The standard InChI is InChI=1S/C13H21NOS/c1-9-5-6-16-10(9)8-14-11-7-12(15-4)13(11,2)3/h5-6,11-12,14H,7-8H2,1-4H3. The van der Waals surface area contributed by atoms with E-state index < -0.39 is 0 Å². The lowest BCUT2D eigenvalue weighted by Crippen LogP contribution is -2.60. The molecule has 0 radical (unpaired) electrons. The van der Waals surface area contributed by atoms with Crippen molar-refractivity contribution in [3.8, 4) is 0 Å². The Balaban J connectivity index is 1.87. The van der Waals surface area contributed by atoms with E-state index in [9.17, 15) is 0 Å². The topological polar surface area (TPSA) is 21.3 Å². The number of rotatable bonds is 4. The molecular weight excluding hydrogens is 218 g/mol. The number of ether oxygens (including phenoxy) is 1.